The minimum atomic E-state index is -4.42. The molecule has 5 N–H and O–H groups in total. The van der Waals surface area contributed by atoms with Crippen molar-refractivity contribution >= 4 is 17.3 Å². The van der Waals surface area contributed by atoms with Crippen molar-refractivity contribution in [2.24, 2.45) is 0 Å². The molecule has 0 heterocycles. The quantitative estimate of drug-likeness (QED) is 0.763. The normalized spacial score (nSPS) is 11.2. The van der Waals surface area contributed by atoms with Gasteiger partial charge in [0.15, 0.2) is 0 Å². The van der Waals surface area contributed by atoms with Crippen molar-refractivity contribution in [3.05, 3.63) is 59.2 Å². The number of nitrogens with one attached hydrogen (secondary N) is 1. The van der Waals surface area contributed by atoms with Gasteiger partial charge in [-0.05, 0) is 29.8 Å². The second-order valence-electron chi connectivity index (χ2n) is 4.69. The zero-order chi connectivity index (χ0) is 16.3. The summed E-state index contributed by atoms with van der Waals surface area (Å²) in [7, 11) is 0. The Morgan fingerprint density at radius 3 is 2.45 bits per heavy atom. The highest BCUT2D eigenvalue weighted by atomic mass is 19.4. The number of hydrogen-bond donors (Lipinski definition) is 3. The first-order valence-corrected chi connectivity index (χ1v) is 6.37. The van der Waals surface area contributed by atoms with Crippen LogP contribution < -0.4 is 16.8 Å². The Bertz CT molecular complexity index is 699. The third-order valence-corrected chi connectivity index (χ3v) is 3.09. The van der Waals surface area contributed by atoms with Crippen LogP contribution in [0.25, 0.3) is 0 Å². The van der Waals surface area contributed by atoms with Crippen molar-refractivity contribution in [3.8, 4) is 0 Å². The van der Waals surface area contributed by atoms with E-state index in [1.807, 2.05) is 0 Å². The standard InChI is InChI=1S/C15H14F3N3O/c16-15(17,18)10-4-1-3-9(7-10)8-21-14(22)11-5-2-6-12(19)13(11)20/h1-7H,8,19-20H2,(H,21,22). The van der Waals surface area contributed by atoms with Gasteiger partial charge in [0.05, 0.1) is 22.5 Å². The summed E-state index contributed by atoms with van der Waals surface area (Å²) >= 11 is 0. The molecule has 22 heavy (non-hydrogen) atoms. The summed E-state index contributed by atoms with van der Waals surface area (Å²) in [6.07, 6.45) is -4.42. The second-order valence-corrected chi connectivity index (χ2v) is 4.69. The Labute approximate surface area is 124 Å². The van der Waals surface area contributed by atoms with Crippen molar-refractivity contribution < 1.29 is 18.0 Å². The number of amides is 1. The molecule has 0 bridgehead atoms. The fourth-order valence-electron chi connectivity index (χ4n) is 1.92. The van der Waals surface area contributed by atoms with Gasteiger partial charge in [0.25, 0.3) is 5.91 Å². The van der Waals surface area contributed by atoms with Gasteiger partial charge < -0.3 is 16.8 Å². The zero-order valence-corrected chi connectivity index (χ0v) is 11.4. The maximum Gasteiger partial charge on any atom is 0.416 e. The average Bonchev–Trinajstić information content (AvgIpc) is 2.47. The third-order valence-electron chi connectivity index (χ3n) is 3.09. The second kappa shape index (κ2) is 5.97. The van der Waals surface area contributed by atoms with Crippen LogP contribution in [0.1, 0.15) is 21.5 Å². The number of halogens is 3. The molecule has 0 aliphatic rings. The van der Waals surface area contributed by atoms with Gasteiger partial charge in [0.1, 0.15) is 0 Å². The van der Waals surface area contributed by atoms with Crippen LogP contribution >= 0.6 is 0 Å². The molecule has 0 aliphatic heterocycles. The Morgan fingerprint density at radius 2 is 1.77 bits per heavy atom. The Hall–Kier alpha value is -2.70. The van der Waals surface area contributed by atoms with Gasteiger partial charge in [0.2, 0.25) is 0 Å². The monoisotopic (exact) mass is 309 g/mol. The van der Waals surface area contributed by atoms with Gasteiger partial charge in [-0.15, -0.1) is 0 Å². The van der Waals surface area contributed by atoms with Gasteiger partial charge in [0, 0.05) is 6.54 Å². The molecular formula is C15H14F3N3O. The van der Waals surface area contributed by atoms with Gasteiger partial charge in [-0.25, -0.2) is 0 Å². The molecule has 116 valence electrons. The molecule has 2 aromatic carbocycles. The average molecular weight is 309 g/mol. The molecule has 0 aliphatic carbocycles. The smallest absolute Gasteiger partial charge is 0.397 e. The van der Waals surface area contributed by atoms with Crippen molar-refractivity contribution in [2.75, 3.05) is 11.5 Å². The molecule has 0 spiro atoms. The highest BCUT2D eigenvalue weighted by molar-refractivity contribution is 6.01. The van der Waals surface area contributed by atoms with Crippen LogP contribution in [0.3, 0.4) is 0 Å². The lowest BCUT2D eigenvalue weighted by Gasteiger charge is -2.11. The number of anilines is 2. The number of carbonyl (C=O) groups excluding carboxylic acids is 1. The lowest BCUT2D eigenvalue weighted by Crippen LogP contribution is -2.24. The molecule has 0 unspecified atom stereocenters. The van der Waals surface area contributed by atoms with Crippen molar-refractivity contribution in [1.29, 1.82) is 0 Å². The summed E-state index contributed by atoms with van der Waals surface area (Å²) < 4.78 is 37.8. The summed E-state index contributed by atoms with van der Waals surface area (Å²) in [6.45, 7) is -0.0447. The van der Waals surface area contributed by atoms with Crippen LogP contribution in [-0.4, -0.2) is 5.91 Å². The predicted octanol–water partition coefficient (Wildman–Crippen LogP) is 2.80. The molecule has 0 saturated heterocycles. The van der Waals surface area contributed by atoms with E-state index in [4.69, 9.17) is 11.5 Å². The lowest BCUT2D eigenvalue weighted by atomic mass is 10.1. The topological polar surface area (TPSA) is 81.1 Å². The van der Waals surface area contributed by atoms with E-state index in [9.17, 15) is 18.0 Å². The summed E-state index contributed by atoms with van der Waals surface area (Å²) in [5.74, 6) is -0.498. The summed E-state index contributed by atoms with van der Waals surface area (Å²) in [6, 6.07) is 9.37. The number of carbonyl (C=O) groups is 1. The van der Waals surface area contributed by atoms with Crippen LogP contribution in [0.5, 0.6) is 0 Å². The number of para-hydroxylation sites is 1. The highest BCUT2D eigenvalue weighted by Crippen LogP contribution is 2.29. The Balaban J connectivity index is 2.10. The van der Waals surface area contributed by atoms with Crippen LogP contribution in [0.4, 0.5) is 24.5 Å². The van der Waals surface area contributed by atoms with E-state index in [1.54, 1.807) is 12.1 Å². The molecule has 7 heteroatoms. The minimum Gasteiger partial charge on any atom is -0.397 e. The van der Waals surface area contributed by atoms with E-state index < -0.39 is 17.6 Å². The van der Waals surface area contributed by atoms with E-state index >= 15 is 0 Å². The Morgan fingerprint density at radius 1 is 1.09 bits per heavy atom. The SMILES string of the molecule is Nc1cccc(C(=O)NCc2cccc(C(F)(F)F)c2)c1N. The number of hydrogen-bond acceptors (Lipinski definition) is 3. The van der Waals surface area contributed by atoms with Gasteiger partial charge in [-0.3, -0.25) is 4.79 Å². The number of alkyl halides is 3. The van der Waals surface area contributed by atoms with Gasteiger partial charge in [-0.2, -0.15) is 13.2 Å². The Kier molecular flexibility index (Phi) is 4.25. The molecule has 0 aromatic heterocycles. The van der Waals surface area contributed by atoms with Gasteiger partial charge >= 0.3 is 6.18 Å². The van der Waals surface area contributed by atoms with E-state index in [-0.39, 0.29) is 23.5 Å². The van der Waals surface area contributed by atoms with Gasteiger partial charge in [-0.1, -0.05) is 18.2 Å². The highest BCUT2D eigenvalue weighted by Gasteiger charge is 2.30. The zero-order valence-electron chi connectivity index (χ0n) is 11.4. The van der Waals surface area contributed by atoms with Crippen molar-refractivity contribution in [3.63, 3.8) is 0 Å². The molecule has 2 rings (SSSR count). The molecule has 0 saturated carbocycles. The number of benzene rings is 2. The van der Waals surface area contributed by atoms with E-state index in [2.05, 4.69) is 5.32 Å². The summed E-state index contributed by atoms with van der Waals surface area (Å²) in [5, 5.41) is 2.52. The first-order valence-electron chi connectivity index (χ1n) is 6.37. The first kappa shape index (κ1) is 15.7. The molecule has 0 atom stereocenters. The summed E-state index contributed by atoms with van der Waals surface area (Å²) in [4.78, 5) is 12.0. The van der Waals surface area contributed by atoms with Crippen molar-refractivity contribution in [1.82, 2.24) is 5.32 Å². The molecule has 0 fully saturated rings. The molecule has 0 radical (unpaired) electrons. The minimum absolute atomic E-state index is 0.0447. The fourth-order valence-corrected chi connectivity index (χ4v) is 1.92. The predicted molar refractivity (Wildman–Crippen MR) is 77.9 cm³/mol. The number of nitrogens with two attached hydrogens (primary N) is 2. The number of nitrogen functional groups attached to an aromatic ring is 2. The lowest BCUT2D eigenvalue weighted by molar-refractivity contribution is -0.137. The molecule has 4 nitrogen and oxygen atoms in total. The maximum absolute atomic E-state index is 12.6. The van der Waals surface area contributed by atoms with E-state index in [1.165, 1.54) is 18.2 Å². The van der Waals surface area contributed by atoms with Crippen LogP contribution in [0, 0.1) is 0 Å². The largest absolute Gasteiger partial charge is 0.416 e. The van der Waals surface area contributed by atoms with Crippen LogP contribution in [-0.2, 0) is 12.7 Å². The maximum atomic E-state index is 12.6. The van der Waals surface area contributed by atoms with Crippen LogP contribution in [0.2, 0.25) is 0 Å². The van der Waals surface area contributed by atoms with E-state index in [0.717, 1.165) is 12.1 Å². The molecular weight excluding hydrogens is 295 g/mol. The van der Waals surface area contributed by atoms with Crippen LogP contribution in [0.15, 0.2) is 42.5 Å². The fraction of sp³-hybridized carbons (Fsp3) is 0.133. The van der Waals surface area contributed by atoms with Crippen molar-refractivity contribution in [2.45, 2.75) is 12.7 Å². The van der Waals surface area contributed by atoms with E-state index in [0.29, 0.717) is 5.56 Å². The first-order chi connectivity index (χ1) is 10.3. The summed E-state index contributed by atoms with van der Waals surface area (Å²) in [5.41, 5.74) is 11.5. The molecule has 2 aromatic rings. The third kappa shape index (κ3) is 3.49. The molecule has 1 amide bonds. The number of rotatable bonds is 3.